The molecule has 4 aliphatic rings. The van der Waals surface area contributed by atoms with Crippen LogP contribution in [0.2, 0.25) is 0 Å². The van der Waals surface area contributed by atoms with Crippen LogP contribution < -0.4 is 5.73 Å². The van der Waals surface area contributed by atoms with Crippen LogP contribution in [0.4, 0.5) is 0 Å². The number of ketones is 2. The summed E-state index contributed by atoms with van der Waals surface area (Å²) < 4.78 is 0. The number of nitrogens with zero attached hydrogens (tertiary/aromatic N) is 1. The maximum Gasteiger partial charge on any atom is 0.255 e. The lowest BCUT2D eigenvalue weighted by atomic mass is 9.54. The number of hydrogen-bond acceptors (Lipinski definition) is 7. The highest BCUT2D eigenvalue weighted by molar-refractivity contribution is 6.22. The highest BCUT2D eigenvalue weighted by atomic mass is 16.3. The smallest absolute Gasteiger partial charge is 0.255 e. The van der Waals surface area contributed by atoms with E-state index in [9.17, 15) is 29.7 Å². The summed E-state index contributed by atoms with van der Waals surface area (Å²) in [6.07, 6.45) is 3.14. The number of amides is 1. The van der Waals surface area contributed by atoms with Crippen LogP contribution in [0.3, 0.4) is 0 Å². The van der Waals surface area contributed by atoms with Crippen LogP contribution in [0.5, 0.6) is 5.75 Å². The summed E-state index contributed by atoms with van der Waals surface area (Å²) in [7, 11) is 0. The third-order valence-corrected chi connectivity index (χ3v) is 9.56. The number of fused-ring (bicyclic) bond motifs is 3. The first-order valence-electron chi connectivity index (χ1n) is 13.9. The van der Waals surface area contributed by atoms with Crippen molar-refractivity contribution in [3.05, 3.63) is 75.8 Å². The molecule has 0 aromatic heterocycles. The van der Waals surface area contributed by atoms with Crippen molar-refractivity contribution in [3.63, 3.8) is 0 Å². The zero-order valence-corrected chi connectivity index (χ0v) is 22.7. The number of aliphatic hydroxyl groups excluding tert-OH is 2. The van der Waals surface area contributed by atoms with Crippen LogP contribution in [0.15, 0.2) is 59.1 Å². The van der Waals surface area contributed by atoms with Gasteiger partial charge in [0.25, 0.3) is 5.91 Å². The minimum atomic E-state index is -1.16. The normalized spacial score (nSPS) is 28.4. The Hall–Kier alpha value is -3.91. The molecule has 5 N–H and O–H groups in total. The quantitative estimate of drug-likeness (QED) is 0.421. The van der Waals surface area contributed by atoms with Crippen molar-refractivity contribution in [1.29, 1.82) is 0 Å². The molecule has 1 saturated heterocycles. The second kappa shape index (κ2) is 9.34. The molecule has 4 unspecified atom stereocenters. The summed E-state index contributed by atoms with van der Waals surface area (Å²) in [4.78, 5) is 41.7. The SMILES string of the molecule is CC1C(O)=C(C(N)=O)C(=O)C2C(O)=C3C(=O)c4c(O)ccc(-c5ccc(CN6CCCC6)cc5)c4CC3(C)CC12. The molecule has 1 heterocycles. The number of carbonyl (C=O) groups excluding carboxylic acids is 3. The lowest BCUT2D eigenvalue weighted by Gasteiger charge is -2.48. The van der Waals surface area contributed by atoms with E-state index in [1.807, 2.05) is 25.1 Å². The number of Topliss-reactive ketones (excluding diaryl/α,β-unsaturated/α-hetero) is 2. The van der Waals surface area contributed by atoms with Crippen molar-refractivity contribution in [2.24, 2.45) is 28.9 Å². The number of aliphatic hydroxyl groups is 2. The number of phenols is 1. The number of likely N-dealkylation sites (tertiary alicyclic amines) is 1. The molecule has 8 nitrogen and oxygen atoms in total. The van der Waals surface area contributed by atoms with Crippen LogP contribution in [0, 0.1) is 23.2 Å². The van der Waals surface area contributed by atoms with Gasteiger partial charge in [0.05, 0.1) is 11.5 Å². The van der Waals surface area contributed by atoms with Crippen molar-refractivity contribution in [3.8, 4) is 16.9 Å². The summed E-state index contributed by atoms with van der Waals surface area (Å²) in [5.74, 6) is -5.60. The number of benzene rings is 2. The molecular formula is C32H34N2O6. The van der Waals surface area contributed by atoms with Gasteiger partial charge >= 0.3 is 0 Å². The molecule has 6 rings (SSSR count). The molecule has 208 valence electrons. The maximum absolute atomic E-state index is 14.0. The Kier molecular flexibility index (Phi) is 6.14. The Morgan fingerprint density at radius 1 is 1.02 bits per heavy atom. The standard InChI is InChI=1S/C32H34N2O6/c1-16-20-13-32(2)14-21-19(18-7-5-17(6-8-18)15-34-11-3-4-12-34)9-10-22(35)23(21)29(38)26(32)30(39)24(20)28(37)25(27(16)36)31(33)40/h5-10,16,20,24,35-36,39H,3-4,11-15H2,1-2H3,(H2,33,40). The third kappa shape index (κ3) is 3.88. The van der Waals surface area contributed by atoms with Crippen molar-refractivity contribution in [2.75, 3.05) is 13.1 Å². The number of hydrogen-bond donors (Lipinski definition) is 4. The molecule has 3 aliphatic carbocycles. The highest BCUT2D eigenvalue weighted by Gasteiger charge is 2.56. The van der Waals surface area contributed by atoms with Crippen LogP contribution in [-0.4, -0.2) is 50.8 Å². The number of carbonyl (C=O) groups is 3. The van der Waals surface area contributed by atoms with Gasteiger partial charge in [-0.1, -0.05) is 44.2 Å². The Morgan fingerprint density at radius 2 is 1.70 bits per heavy atom. The lowest BCUT2D eigenvalue weighted by molar-refractivity contribution is -0.127. The monoisotopic (exact) mass is 542 g/mol. The summed E-state index contributed by atoms with van der Waals surface area (Å²) in [5.41, 5.74) is 7.90. The highest BCUT2D eigenvalue weighted by Crippen LogP contribution is 2.57. The average molecular weight is 543 g/mol. The Bertz CT molecular complexity index is 1510. The largest absolute Gasteiger partial charge is 0.511 e. The van der Waals surface area contributed by atoms with E-state index in [1.165, 1.54) is 24.5 Å². The molecule has 1 amide bonds. The molecule has 1 aliphatic heterocycles. The molecule has 2 aromatic carbocycles. The summed E-state index contributed by atoms with van der Waals surface area (Å²) in [6.45, 7) is 6.70. The second-order valence-electron chi connectivity index (χ2n) is 12.1. The zero-order chi connectivity index (χ0) is 28.5. The topological polar surface area (TPSA) is 141 Å². The number of aromatic hydroxyl groups is 1. The Labute approximate surface area is 232 Å². The number of primary amides is 1. The fraction of sp³-hybridized carbons (Fsp3) is 0.406. The van der Waals surface area contributed by atoms with Gasteiger partial charge in [0.15, 0.2) is 11.6 Å². The van der Waals surface area contributed by atoms with Crippen molar-refractivity contribution in [1.82, 2.24) is 4.90 Å². The van der Waals surface area contributed by atoms with Gasteiger partial charge in [0.1, 0.15) is 22.8 Å². The molecule has 0 radical (unpaired) electrons. The fourth-order valence-electron chi connectivity index (χ4n) is 7.55. The van der Waals surface area contributed by atoms with Gasteiger partial charge in [-0.2, -0.15) is 0 Å². The molecule has 2 aromatic rings. The molecule has 4 atom stereocenters. The van der Waals surface area contributed by atoms with Gasteiger partial charge in [-0.25, -0.2) is 0 Å². The minimum absolute atomic E-state index is 0.0837. The lowest BCUT2D eigenvalue weighted by Crippen LogP contribution is -2.49. The van der Waals surface area contributed by atoms with Crippen LogP contribution in [0.25, 0.3) is 11.1 Å². The van der Waals surface area contributed by atoms with Gasteiger partial charge in [0, 0.05) is 23.5 Å². The third-order valence-electron chi connectivity index (χ3n) is 9.56. The maximum atomic E-state index is 14.0. The van der Waals surface area contributed by atoms with Crippen molar-refractivity contribution in [2.45, 2.75) is 46.1 Å². The van der Waals surface area contributed by atoms with E-state index in [1.54, 1.807) is 6.92 Å². The molecule has 8 heteroatoms. The average Bonchev–Trinajstić information content (AvgIpc) is 3.40. The van der Waals surface area contributed by atoms with Gasteiger partial charge in [0.2, 0.25) is 0 Å². The number of phenolic OH excluding ortho intramolecular Hbond substituents is 1. The summed E-state index contributed by atoms with van der Waals surface area (Å²) in [6, 6.07) is 11.6. The molecule has 1 fully saturated rings. The van der Waals surface area contributed by atoms with Crippen LogP contribution in [0.1, 0.15) is 54.6 Å². The fourth-order valence-corrected chi connectivity index (χ4v) is 7.55. The Balaban J connectivity index is 1.42. The van der Waals surface area contributed by atoms with Crippen molar-refractivity contribution < 1.29 is 29.7 Å². The number of nitrogens with two attached hydrogens (primary N) is 1. The number of allylic oxidation sites excluding steroid dienone is 3. The first-order chi connectivity index (χ1) is 19.0. The number of rotatable bonds is 4. The minimum Gasteiger partial charge on any atom is -0.511 e. The van der Waals surface area contributed by atoms with E-state index in [0.717, 1.165) is 30.8 Å². The predicted octanol–water partition coefficient (Wildman–Crippen LogP) is 4.36. The van der Waals surface area contributed by atoms with Gasteiger partial charge in [-0.3, -0.25) is 19.3 Å². The van der Waals surface area contributed by atoms with Gasteiger partial charge < -0.3 is 21.1 Å². The molecule has 40 heavy (non-hydrogen) atoms. The molecular weight excluding hydrogens is 508 g/mol. The first kappa shape index (κ1) is 26.3. The van der Waals surface area contributed by atoms with E-state index in [4.69, 9.17) is 5.73 Å². The van der Waals surface area contributed by atoms with E-state index in [0.29, 0.717) is 18.4 Å². The molecule has 0 spiro atoms. The Morgan fingerprint density at radius 3 is 2.35 bits per heavy atom. The zero-order valence-electron chi connectivity index (χ0n) is 22.7. The van der Waals surface area contributed by atoms with E-state index in [2.05, 4.69) is 17.0 Å². The second-order valence-corrected chi connectivity index (χ2v) is 12.1. The van der Waals surface area contributed by atoms with Crippen LogP contribution >= 0.6 is 0 Å². The van der Waals surface area contributed by atoms with Crippen LogP contribution in [-0.2, 0) is 22.6 Å². The summed E-state index contributed by atoms with van der Waals surface area (Å²) in [5, 5.41) is 33.0. The molecule has 0 saturated carbocycles. The van der Waals surface area contributed by atoms with E-state index >= 15 is 0 Å². The van der Waals surface area contributed by atoms with E-state index in [-0.39, 0.29) is 22.6 Å². The van der Waals surface area contributed by atoms with Gasteiger partial charge in [-0.15, -0.1) is 0 Å². The predicted molar refractivity (Wildman–Crippen MR) is 148 cm³/mol. The molecule has 0 bridgehead atoms. The summed E-state index contributed by atoms with van der Waals surface area (Å²) >= 11 is 0. The van der Waals surface area contributed by atoms with E-state index < -0.39 is 52.0 Å². The first-order valence-corrected chi connectivity index (χ1v) is 13.9. The van der Waals surface area contributed by atoms with Gasteiger partial charge in [-0.05, 0) is 73.0 Å². The van der Waals surface area contributed by atoms with Crippen molar-refractivity contribution >= 4 is 17.5 Å².